The minimum Gasteiger partial charge on any atom is -0.378 e. The molecule has 1 N–H and O–H groups in total. The molecule has 7 heteroatoms. The Morgan fingerprint density at radius 2 is 1.87 bits per heavy atom. The van der Waals surface area contributed by atoms with Gasteiger partial charge in [-0.15, -0.1) is 0 Å². The Hall–Kier alpha value is -2.93. The van der Waals surface area contributed by atoms with E-state index >= 15 is 0 Å². The lowest BCUT2D eigenvalue weighted by Crippen LogP contribution is -2.41. The molecule has 0 unspecified atom stereocenters. The van der Waals surface area contributed by atoms with Crippen molar-refractivity contribution in [3.63, 3.8) is 0 Å². The Labute approximate surface area is 183 Å². The first kappa shape index (κ1) is 21.3. The van der Waals surface area contributed by atoms with Gasteiger partial charge in [-0.25, -0.2) is 4.98 Å². The number of piperidine rings is 1. The van der Waals surface area contributed by atoms with Crippen molar-refractivity contribution in [2.45, 2.75) is 26.2 Å². The van der Waals surface area contributed by atoms with E-state index in [9.17, 15) is 9.59 Å². The first-order chi connectivity index (χ1) is 15.1. The highest BCUT2D eigenvalue weighted by Crippen LogP contribution is 2.24. The second kappa shape index (κ2) is 9.92. The number of hydrogen-bond donors (Lipinski definition) is 1. The third kappa shape index (κ3) is 5.22. The number of aromatic nitrogens is 1. The van der Waals surface area contributed by atoms with Gasteiger partial charge in [0.25, 0.3) is 5.91 Å². The predicted octanol–water partition coefficient (Wildman–Crippen LogP) is 2.97. The first-order valence-electron chi connectivity index (χ1n) is 11.1. The number of amides is 2. The summed E-state index contributed by atoms with van der Waals surface area (Å²) in [6, 6.07) is 11.7. The Kier molecular flexibility index (Phi) is 6.82. The van der Waals surface area contributed by atoms with Crippen LogP contribution in [-0.2, 0) is 16.0 Å². The van der Waals surface area contributed by atoms with Crippen LogP contribution in [0.25, 0.3) is 0 Å². The van der Waals surface area contributed by atoms with E-state index in [0.717, 1.165) is 43.9 Å². The van der Waals surface area contributed by atoms with Crippen LogP contribution in [0, 0.1) is 5.92 Å². The maximum atomic E-state index is 12.8. The number of anilines is 2. The third-order valence-electron chi connectivity index (χ3n) is 6.08. The van der Waals surface area contributed by atoms with Crippen LogP contribution in [-0.4, -0.2) is 61.1 Å². The summed E-state index contributed by atoms with van der Waals surface area (Å²) in [6.07, 6.45) is 4.18. The van der Waals surface area contributed by atoms with Crippen LogP contribution in [0.1, 0.15) is 35.7 Å². The zero-order valence-electron chi connectivity index (χ0n) is 18.0. The van der Waals surface area contributed by atoms with E-state index in [2.05, 4.69) is 28.2 Å². The number of hydrogen-bond acceptors (Lipinski definition) is 5. The van der Waals surface area contributed by atoms with Crippen molar-refractivity contribution in [3.05, 3.63) is 53.7 Å². The fourth-order valence-corrected chi connectivity index (χ4v) is 4.16. The number of rotatable bonds is 5. The van der Waals surface area contributed by atoms with E-state index in [1.165, 1.54) is 5.56 Å². The van der Waals surface area contributed by atoms with Crippen LogP contribution >= 0.6 is 0 Å². The van der Waals surface area contributed by atoms with Crippen LogP contribution in [0.2, 0.25) is 0 Å². The van der Waals surface area contributed by atoms with Gasteiger partial charge in [-0.1, -0.05) is 19.1 Å². The molecule has 0 saturated carbocycles. The number of morpholine rings is 1. The van der Waals surface area contributed by atoms with Gasteiger partial charge >= 0.3 is 0 Å². The third-order valence-corrected chi connectivity index (χ3v) is 6.08. The summed E-state index contributed by atoms with van der Waals surface area (Å²) in [4.78, 5) is 34.0. The molecule has 0 spiro atoms. The summed E-state index contributed by atoms with van der Waals surface area (Å²) >= 11 is 0. The quantitative estimate of drug-likeness (QED) is 0.802. The minimum atomic E-state index is -0.0142. The van der Waals surface area contributed by atoms with E-state index in [1.54, 1.807) is 12.3 Å². The molecule has 3 heterocycles. The molecule has 0 radical (unpaired) electrons. The molecule has 2 aliphatic rings. The summed E-state index contributed by atoms with van der Waals surface area (Å²) in [6.45, 7) is 6.01. The molecule has 0 aliphatic carbocycles. The van der Waals surface area contributed by atoms with Gasteiger partial charge in [0.2, 0.25) is 5.91 Å². The molecule has 2 amide bonds. The molecule has 7 nitrogen and oxygen atoms in total. The zero-order chi connectivity index (χ0) is 21.6. The van der Waals surface area contributed by atoms with Crippen LogP contribution in [0.15, 0.2) is 42.6 Å². The van der Waals surface area contributed by atoms with E-state index in [4.69, 9.17) is 4.74 Å². The molecule has 2 aromatic rings. The van der Waals surface area contributed by atoms with E-state index < -0.39 is 0 Å². The number of carbonyl (C=O) groups is 2. The van der Waals surface area contributed by atoms with Crippen LogP contribution in [0.5, 0.6) is 0 Å². The van der Waals surface area contributed by atoms with E-state index in [-0.39, 0.29) is 17.7 Å². The second-order valence-corrected chi connectivity index (χ2v) is 8.11. The standard InChI is InChI=1S/C24H30N4O3/c1-2-18-4-3-5-21(16-18)26-23(29)19-7-10-27(11-8-19)22-17-20(6-9-25-22)24(30)28-12-14-31-15-13-28/h3-6,9,16-17,19H,2,7-8,10-15H2,1H3,(H,26,29). The molecular formula is C24H30N4O3. The molecule has 4 rings (SSSR count). The SMILES string of the molecule is CCc1cccc(NC(=O)C2CCN(c3cc(C(=O)N4CCOCC4)ccn3)CC2)c1. The highest BCUT2D eigenvalue weighted by atomic mass is 16.5. The second-order valence-electron chi connectivity index (χ2n) is 8.11. The topological polar surface area (TPSA) is 74.8 Å². The smallest absolute Gasteiger partial charge is 0.254 e. The number of nitrogens with zero attached hydrogens (tertiary/aromatic N) is 3. The maximum absolute atomic E-state index is 12.8. The lowest BCUT2D eigenvalue weighted by atomic mass is 9.95. The zero-order valence-corrected chi connectivity index (χ0v) is 18.0. The molecule has 31 heavy (non-hydrogen) atoms. The number of carbonyl (C=O) groups excluding carboxylic acids is 2. The van der Waals surface area contributed by atoms with Gasteiger partial charge in [0.05, 0.1) is 13.2 Å². The molecule has 0 bridgehead atoms. The molecule has 1 aromatic heterocycles. The van der Waals surface area contributed by atoms with Crippen molar-refractivity contribution >= 4 is 23.3 Å². The summed E-state index contributed by atoms with van der Waals surface area (Å²) in [5.41, 5.74) is 2.73. The van der Waals surface area contributed by atoms with E-state index in [0.29, 0.717) is 31.9 Å². The number of benzene rings is 1. The summed E-state index contributed by atoms with van der Waals surface area (Å²) in [5.74, 6) is 0.890. The van der Waals surface area contributed by atoms with E-state index in [1.807, 2.05) is 29.2 Å². The Morgan fingerprint density at radius 3 is 2.61 bits per heavy atom. The number of ether oxygens (including phenoxy) is 1. The molecule has 2 aliphatic heterocycles. The first-order valence-corrected chi connectivity index (χ1v) is 11.1. The molecular weight excluding hydrogens is 392 g/mol. The van der Waals surface area contributed by atoms with Gasteiger partial charge in [0.1, 0.15) is 5.82 Å². The summed E-state index contributed by atoms with van der Waals surface area (Å²) in [5, 5.41) is 3.07. The van der Waals surface area contributed by atoms with Crippen molar-refractivity contribution < 1.29 is 14.3 Å². The van der Waals surface area contributed by atoms with Crippen molar-refractivity contribution in [3.8, 4) is 0 Å². The summed E-state index contributed by atoms with van der Waals surface area (Å²) in [7, 11) is 0. The molecule has 1 aromatic carbocycles. The highest BCUT2D eigenvalue weighted by Gasteiger charge is 2.26. The average molecular weight is 423 g/mol. The van der Waals surface area contributed by atoms with Gasteiger partial charge in [-0.3, -0.25) is 9.59 Å². The minimum absolute atomic E-state index is 0.0142. The monoisotopic (exact) mass is 422 g/mol. The van der Waals surface area contributed by atoms with Gasteiger partial charge < -0.3 is 19.9 Å². The van der Waals surface area contributed by atoms with Gasteiger partial charge in [0, 0.05) is 49.5 Å². The van der Waals surface area contributed by atoms with Crippen molar-refractivity contribution in [2.24, 2.45) is 5.92 Å². The van der Waals surface area contributed by atoms with Gasteiger partial charge in [-0.2, -0.15) is 0 Å². The molecule has 0 atom stereocenters. The number of pyridine rings is 1. The summed E-state index contributed by atoms with van der Waals surface area (Å²) < 4.78 is 5.34. The Bertz CT molecular complexity index is 919. The van der Waals surface area contributed by atoms with Crippen molar-refractivity contribution in [1.82, 2.24) is 9.88 Å². The average Bonchev–Trinajstić information content (AvgIpc) is 2.84. The van der Waals surface area contributed by atoms with Crippen molar-refractivity contribution in [2.75, 3.05) is 49.6 Å². The van der Waals surface area contributed by atoms with Gasteiger partial charge in [0.15, 0.2) is 0 Å². The largest absolute Gasteiger partial charge is 0.378 e. The fraction of sp³-hybridized carbons (Fsp3) is 0.458. The Balaban J connectivity index is 1.34. The predicted molar refractivity (Wildman–Crippen MR) is 120 cm³/mol. The molecule has 2 saturated heterocycles. The molecule has 2 fully saturated rings. The van der Waals surface area contributed by atoms with Crippen molar-refractivity contribution in [1.29, 1.82) is 0 Å². The van der Waals surface area contributed by atoms with Gasteiger partial charge in [-0.05, 0) is 49.1 Å². The highest BCUT2D eigenvalue weighted by molar-refractivity contribution is 5.95. The van der Waals surface area contributed by atoms with Crippen LogP contribution in [0.4, 0.5) is 11.5 Å². The lowest BCUT2D eigenvalue weighted by molar-refractivity contribution is -0.120. The Morgan fingerprint density at radius 1 is 1.10 bits per heavy atom. The number of aryl methyl sites for hydroxylation is 1. The maximum Gasteiger partial charge on any atom is 0.254 e. The fourth-order valence-electron chi connectivity index (χ4n) is 4.16. The normalized spacial score (nSPS) is 17.5. The lowest BCUT2D eigenvalue weighted by Gasteiger charge is -2.32. The van der Waals surface area contributed by atoms with Crippen LogP contribution < -0.4 is 10.2 Å². The van der Waals surface area contributed by atoms with Crippen LogP contribution in [0.3, 0.4) is 0 Å². The number of nitrogens with one attached hydrogen (secondary N) is 1. The molecule has 164 valence electrons.